The van der Waals surface area contributed by atoms with Crippen molar-refractivity contribution < 1.29 is 51.2 Å². The second kappa shape index (κ2) is 13.1. The third kappa shape index (κ3) is 6.49. The number of hydrogen-bond donors (Lipinski definition) is 2. The molecule has 3 unspecified atom stereocenters. The van der Waals surface area contributed by atoms with Crippen LogP contribution in [0.2, 0.25) is 0 Å². The fraction of sp³-hybridized carbons (Fsp3) is 0.625. The number of esters is 1. The van der Waals surface area contributed by atoms with Crippen molar-refractivity contribution >= 4 is 5.97 Å². The summed E-state index contributed by atoms with van der Waals surface area (Å²) in [6.07, 6.45) is 1.03. The Morgan fingerprint density at radius 2 is 1.69 bits per heavy atom. The van der Waals surface area contributed by atoms with Gasteiger partial charge in [0.25, 0.3) is 0 Å². The highest BCUT2D eigenvalue weighted by molar-refractivity contribution is 5.82. The maximum absolute atomic E-state index is 15.4. The van der Waals surface area contributed by atoms with E-state index >= 15 is 8.78 Å². The molecule has 51 heavy (non-hydrogen) atoms. The van der Waals surface area contributed by atoms with Crippen LogP contribution in [0, 0.1) is 34.5 Å². The lowest BCUT2D eigenvalue weighted by atomic mass is 9.49. The summed E-state index contributed by atoms with van der Waals surface area (Å²) in [7, 11) is 0. The summed E-state index contributed by atoms with van der Waals surface area (Å²) in [5.74, 6) is -2.50. The molecule has 3 saturated carbocycles. The van der Waals surface area contributed by atoms with Crippen molar-refractivity contribution in [2.45, 2.75) is 114 Å². The lowest BCUT2D eigenvalue weighted by molar-refractivity contribution is -0.362. The molecule has 1 aliphatic heterocycles. The van der Waals surface area contributed by atoms with Crippen LogP contribution in [-0.4, -0.2) is 65.1 Å². The molecule has 1 aromatic carbocycles. The predicted octanol–water partition coefficient (Wildman–Crippen LogP) is 7.94. The summed E-state index contributed by atoms with van der Waals surface area (Å²) >= 11 is 0. The fourth-order valence-corrected chi connectivity index (χ4v) is 9.66. The number of aliphatic hydroxyl groups is 2. The zero-order chi connectivity index (χ0) is 37.1. The first-order valence-corrected chi connectivity index (χ1v) is 17.8. The van der Waals surface area contributed by atoms with Crippen LogP contribution in [0.25, 0.3) is 0 Å². The van der Waals surface area contributed by atoms with Gasteiger partial charge >= 0.3 is 18.1 Å². The van der Waals surface area contributed by atoms with Crippen LogP contribution >= 0.6 is 0 Å². The van der Waals surface area contributed by atoms with Crippen LogP contribution < -0.4 is 0 Å². The number of halogens is 5. The van der Waals surface area contributed by atoms with Crippen molar-refractivity contribution in [1.29, 1.82) is 0 Å². The first kappa shape index (κ1) is 37.7. The van der Waals surface area contributed by atoms with Crippen LogP contribution in [0.5, 0.6) is 0 Å². The summed E-state index contributed by atoms with van der Waals surface area (Å²) in [4.78, 5) is 11.4. The Bertz CT molecular complexity index is 1660. The van der Waals surface area contributed by atoms with Gasteiger partial charge < -0.3 is 24.4 Å². The molecule has 0 aromatic heterocycles. The van der Waals surface area contributed by atoms with Crippen LogP contribution in [-0.2, 0) is 19.0 Å². The molecule has 0 bridgehead atoms. The maximum atomic E-state index is 15.4. The second-order valence-electron chi connectivity index (χ2n) is 16.1. The molecule has 1 saturated heterocycles. The third-order valence-corrected chi connectivity index (χ3v) is 12.2. The summed E-state index contributed by atoms with van der Waals surface area (Å²) in [5.41, 5.74) is -3.49. The molecular formula is C40H47F5O6. The molecule has 1 aromatic rings. The summed E-state index contributed by atoms with van der Waals surface area (Å²) in [6, 6.07) is 7.13. The molecule has 1 spiro atoms. The van der Waals surface area contributed by atoms with Gasteiger partial charge in [-0.1, -0.05) is 62.5 Å². The Hall–Kier alpha value is -3.04. The molecule has 5 aliphatic rings. The van der Waals surface area contributed by atoms with Gasteiger partial charge in [0.15, 0.2) is 5.79 Å². The Balaban J connectivity index is 1.37. The number of allylic oxidation sites excluding steroid dienone is 4. The maximum Gasteiger partial charge on any atom is 0.456 e. The van der Waals surface area contributed by atoms with E-state index in [0.29, 0.717) is 50.0 Å². The fourth-order valence-electron chi connectivity index (χ4n) is 9.66. The normalized spacial score (nSPS) is 34.5. The summed E-state index contributed by atoms with van der Waals surface area (Å²) in [6.45, 7) is 8.43. The van der Waals surface area contributed by atoms with Gasteiger partial charge in [-0.3, -0.25) is 0 Å². The predicted molar refractivity (Wildman–Crippen MR) is 179 cm³/mol. The van der Waals surface area contributed by atoms with Gasteiger partial charge in [0.2, 0.25) is 0 Å². The Kier molecular flexibility index (Phi) is 9.70. The van der Waals surface area contributed by atoms with E-state index in [-0.39, 0.29) is 31.3 Å². The Morgan fingerprint density at radius 3 is 2.33 bits per heavy atom. The molecule has 2 N–H and O–H groups in total. The van der Waals surface area contributed by atoms with Crippen molar-refractivity contribution in [2.24, 2.45) is 22.7 Å². The van der Waals surface area contributed by atoms with E-state index in [1.54, 1.807) is 43.3 Å². The monoisotopic (exact) mass is 718 g/mol. The van der Waals surface area contributed by atoms with Gasteiger partial charge in [0, 0.05) is 41.2 Å². The highest BCUT2D eigenvalue weighted by Gasteiger charge is 2.79. The van der Waals surface area contributed by atoms with Gasteiger partial charge in [0.1, 0.15) is 5.60 Å². The zero-order valence-electron chi connectivity index (χ0n) is 29.5. The average molecular weight is 719 g/mol. The van der Waals surface area contributed by atoms with Gasteiger partial charge in [-0.25, -0.2) is 4.79 Å². The van der Waals surface area contributed by atoms with Gasteiger partial charge in [-0.15, -0.1) is 0 Å². The lowest BCUT2D eigenvalue weighted by Gasteiger charge is -2.59. The number of rotatable bonds is 5. The van der Waals surface area contributed by atoms with Crippen molar-refractivity contribution in [3.8, 4) is 11.8 Å². The third-order valence-electron chi connectivity index (χ3n) is 12.2. The number of ether oxygens (including phenoxy) is 3. The quantitative estimate of drug-likeness (QED) is 0.0804. The minimum Gasteiger partial charge on any atom is -0.463 e. The number of fused-ring (bicyclic) bond motifs is 4. The summed E-state index contributed by atoms with van der Waals surface area (Å²) < 4.78 is 90.1. The SMILES string of the molecule is CCOC(=O)C=CC=CC#Cc1ccc([C@H]2C[C@@]3(C)C(CC[C@@]3(O)C(F)(F)C(F)(F)F)C3CCC4(O)CC5(CCC4=C32)OCC(C)(C)CO5)cc1. The van der Waals surface area contributed by atoms with E-state index in [9.17, 15) is 28.2 Å². The molecule has 6 rings (SSSR count). The standard InChI is InChI=1S/C40H47F5O6/c1-5-49-32(46)11-9-7-6-8-10-26-12-14-27(15-13-26)29-22-35(4)30(18-21-38(35,48)39(41,42)40(43,44)45)28-16-19-36(47)23-37(20-17-31(36)33(28)29)50-24-34(2,3)25-51-37/h6-7,9,11-15,28-30,47-48H,5,16-25H2,1-4H3/t28?,29-,30?,35+,36?,38+/m1/s1. The molecule has 0 radical (unpaired) electrons. The molecular weight excluding hydrogens is 671 g/mol. The van der Waals surface area contributed by atoms with E-state index in [0.717, 1.165) is 11.1 Å². The number of carbonyl (C=O) groups excluding carboxylic acids is 1. The molecule has 1 heterocycles. The number of hydrogen-bond acceptors (Lipinski definition) is 6. The number of benzene rings is 1. The van der Waals surface area contributed by atoms with Gasteiger partial charge in [-0.05, 0) is 86.6 Å². The highest BCUT2D eigenvalue weighted by Crippen LogP contribution is 2.71. The molecule has 6 nitrogen and oxygen atoms in total. The Labute approximate surface area is 296 Å². The molecule has 4 fully saturated rings. The van der Waals surface area contributed by atoms with Crippen molar-refractivity contribution in [3.63, 3.8) is 0 Å². The number of alkyl halides is 5. The second-order valence-corrected chi connectivity index (χ2v) is 16.1. The van der Waals surface area contributed by atoms with Gasteiger partial charge in [-0.2, -0.15) is 22.0 Å². The van der Waals surface area contributed by atoms with E-state index in [1.165, 1.54) is 19.1 Å². The molecule has 278 valence electrons. The van der Waals surface area contributed by atoms with Crippen LogP contribution in [0.1, 0.15) is 96.1 Å². The van der Waals surface area contributed by atoms with E-state index in [1.807, 2.05) is 13.8 Å². The first-order chi connectivity index (χ1) is 23.8. The molecule has 4 aliphatic carbocycles. The summed E-state index contributed by atoms with van der Waals surface area (Å²) in [5, 5.41) is 23.9. The van der Waals surface area contributed by atoms with Crippen LogP contribution in [0.3, 0.4) is 0 Å². The highest BCUT2D eigenvalue weighted by atomic mass is 19.4. The van der Waals surface area contributed by atoms with E-state index in [4.69, 9.17) is 14.2 Å². The minimum atomic E-state index is -5.92. The van der Waals surface area contributed by atoms with Gasteiger partial charge in [0.05, 0.1) is 25.4 Å². The van der Waals surface area contributed by atoms with E-state index in [2.05, 4.69) is 11.8 Å². The number of carbonyl (C=O) groups is 1. The smallest absolute Gasteiger partial charge is 0.456 e. The largest absolute Gasteiger partial charge is 0.463 e. The first-order valence-electron chi connectivity index (χ1n) is 17.8. The lowest BCUT2D eigenvalue weighted by Crippen LogP contribution is -2.65. The van der Waals surface area contributed by atoms with Crippen molar-refractivity contribution in [3.05, 3.63) is 70.8 Å². The molecule has 0 amide bonds. The van der Waals surface area contributed by atoms with E-state index < -0.39 is 64.6 Å². The minimum absolute atomic E-state index is 0.0214. The Morgan fingerprint density at radius 1 is 1.00 bits per heavy atom. The molecule has 11 heteroatoms. The van der Waals surface area contributed by atoms with Crippen LogP contribution in [0.15, 0.2) is 59.7 Å². The molecule has 6 atom stereocenters. The van der Waals surface area contributed by atoms with Crippen molar-refractivity contribution in [2.75, 3.05) is 19.8 Å². The van der Waals surface area contributed by atoms with Crippen molar-refractivity contribution in [1.82, 2.24) is 0 Å². The van der Waals surface area contributed by atoms with Crippen LogP contribution in [0.4, 0.5) is 22.0 Å². The topological polar surface area (TPSA) is 85.2 Å². The zero-order valence-corrected chi connectivity index (χ0v) is 29.5. The average Bonchev–Trinajstić information content (AvgIpc) is 3.34.